The van der Waals surface area contributed by atoms with E-state index in [1.807, 2.05) is 0 Å². The highest BCUT2D eigenvalue weighted by atomic mass is 19.1. The average molecular weight is 275 g/mol. The summed E-state index contributed by atoms with van der Waals surface area (Å²) in [6.45, 7) is -1.37. The molecule has 2 N–H and O–H groups in total. The Morgan fingerprint density at radius 2 is 1.63 bits per heavy atom. The molecule has 0 radical (unpaired) electrons. The van der Waals surface area contributed by atoms with Gasteiger partial charge in [-0.3, -0.25) is 0 Å². The third-order valence-electron chi connectivity index (χ3n) is 2.58. The van der Waals surface area contributed by atoms with E-state index in [9.17, 15) is 8.78 Å². The zero-order valence-electron chi connectivity index (χ0n) is 11.1. The largest absolute Gasteiger partial charge is 0.493 e. The lowest BCUT2D eigenvalue weighted by Gasteiger charge is -2.19. The lowest BCUT2D eigenvalue weighted by molar-refractivity contribution is 0.125. The highest BCUT2D eigenvalue weighted by Crippen LogP contribution is 2.39. The van der Waals surface area contributed by atoms with E-state index in [0.717, 1.165) is 5.56 Å². The molecule has 0 atom stereocenters. The van der Waals surface area contributed by atoms with Crippen LogP contribution in [0.2, 0.25) is 0 Å². The van der Waals surface area contributed by atoms with Gasteiger partial charge >= 0.3 is 0 Å². The van der Waals surface area contributed by atoms with E-state index in [4.69, 9.17) is 19.9 Å². The monoisotopic (exact) mass is 275 g/mol. The van der Waals surface area contributed by atoms with Gasteiger partial charge < -0.3 is 19.9 Å². The van der Waals surface area contributed by atoms with E-state index in [0.29, 0.717) is 24.5 Å². The smallest absolute Gasteiger partial charge is 0.204 e. The molecule has 0 fully saturated rings. The second kappa shape index (κ2) is 7.78. The Labute approximate surface area is 111 Å². The second-order valence-electron chi connectivity index (χ2n) is 3.92. The molecule has 4 nitrogen and oxygen atoms in total. The summed E-state index contributed by atoms with van der Waals surface area (Å²) in [6, 6.07) is 3.44. The topological polar surface area (TPSA) is 53.7 Å². The molecule has 6 heteroatoms. The van der Waals surface area contributed by atoms with Gasteiger partial charge in [0.1, 0.15) is 13.3 Å². The first kappa shape index (κ1) is 15.5. The van der Waals surface area contributed by atoms with Crippen LogP contribution >= 0.6 is 0 Å². The van der Waals surface area contributed by atoms with Crippen molar-refractivity contribution in [2.24, 2.45) is 5.73 Å². The molecule has 1 aromatic carbocycles. The second-order valence-corrected chi connectivity index (χ2v) is 3.92. The Kier molecular flexibility index (Phi) is 6.35. The number of hydrogen-bond acceptors (Lipinski definition) is 4. The maximum absolute atomic E-state index is 12.6. The molecule has 0 aliphatic carbocycles. The summed E-state index contributed by atoms with van der Waals surface area (Å²) in [4.78, 5) is 0. The van der Waals surface area contributed by atoms with Gasteiger partial charge in [-0.15, -0.1) is 0 Å². The maximum Gasteiger partial charge on any atom is 0.204 e. The fourth-order valence-corrected chi connectivity index (χ4v) is 1.63. The van der Waals surface area contributed by atoms with E-state index in [1.54, 1.807) is 12.1 Å². The number of benzene rings is 1. The van der Waals surface area contributed by atoms with E-state index in [1.165, 1.54) is 14.2 Å². The Morgan fingerprint density at radius 3 is 2.00 bits per heavy atom. The predicted molar refractivity (Wildman–Crippen MR) is 68.7 cm³/mol. The van der Waals surface area contributed by atoms with Crippen molar-refractivity contribution in [1.29, 1.82) is 0 Å². The summed E-state index contributed by atoms with van der Waals surface area (Å²) in [6.07, 6.45) is -0.522. The maximum atomic E-state index is 12.6. The molecule has 0 amide bonds. The van der Waals surface area contributed by atoms with Crippen LogP contribution in [0, 0.1) is 0 Å². The molecule has 0 aliphatic heterocycles. The normalized spacial score (nSPS) is 10.6. The molecule has 0 bridgehead atoms. The van der Waals surface area contributed by atoms with Crippen molar-refractivity contribution in [3.05, 3.63) is 17.7 Å². The zero-order valence-corrected chi connectivity index (χ0v) is 11.1. The predicted octanol–water partition coefficient (Wildman–Crippen LogP) is 1.89. The van der Waals surface area contributed by atoms with Crippen molar-refractivity contribution >= 4 is 0 Å². The van der Waals surface area contributed by atoms with E-state index in [-0.39, 0.29) is 5.75 Å². The molecule has 0 aromatic heterocycles. The number of alkyl halides is 2. The van der Waals surface area contributed by atoms with Crippen LogP contribution in [0.1, 0.15) is 5.56 Å². The SMILES string of the molecule is COc1cc(CCN)cc(OC)c1OC(CF)CF. The Morgan fingerprint density at radius 1 is 1.11 bits per heavy atom. The number of halogens is 2. The molecule has 0 spiro atoms. The molecule has 1 aromatic rings. The summed E-state index contributed by atoms with van der Waals surface area (Å²) < 4.78 is 40.7. The van der Waals surface area contributed by atoms with Gasteiger partial charge in [0.05, 0.1) is 14.2 Å². The summed E-state index contributed by atoms with van der Waals surface area (Å²) in [5.74, 6) is 0.940. The van der Waals surface area contributed by atoms with E-state index >= 15 is 0 Å². The summed E-state index contributed by atoms with van der Waals surface area (Å²) in [5, 5.41) is 0. The van der Waals surface area contributed by atoms with Crippen LogP contribution in [0.15, 0.2) is 12.1 Å². The van der Waals surface area contributed by atoms with Gasteiger partial charge in [0, 0.05) is 0 Å². The first-order valence-electron chi connectivity index (χ1n) is 5.93. The first-order valence-corrected chi connectivity index (χ1v) is 5.93. The van der Waals surface area contributed by atoms with Crippen LogP contribution in [0.3, 0.4) is 0 Å². The highest BCUT2D eigenvalue weighted by Gasteiger charge is 2.19. The van der Waals surface area contributed by atoms with Crippen molar-refractivity contribution in [1.82, 2.24) is 0 Å². The lowest BCUT2D eigenvalue weighted by atomic mass is 10.1. The van der Waals surface area contributed by atoms with Crippen molar-refractivity contribution in [3.8, 4) is 17.2 Å². The van der Waals surface area contributed by atoms with Crippen LogP contribution in [0.5, 0.6) is 17.2 Å². The van der Waals surface area contributed by atoms with E-state index in [2.05, 4.69) is 0 Å². The Hall–Kier alpha value is -1.56. The minimum Gasteiger partial charge on any atom is -0.493 e. The van der Waals surface area contributed by atoms with E-state index < -0.39 is 19.5 Å². The van der Waals surface area contributed by atoms with Crippen molar-refractivity contribution in [3.63, 3.8) is 0 Å². The molecule has 0 heterocycles. The van der Waals surface area contributed by atoms with Crippen LogP contribution in [-0.4, -0.2) is 40.2 Å². The van der Waals surface area contributed by atoms with Gasteiger partial charge in [-0.1, -0.05) is 0 Å². The molecule has 19 heavy (non-hydrogen) atoms. The number of ether oxygens (including phenoxy) is 3. The van der Waals surface area contributed by atoms with Gasteiger partial charge in [-0.2, -0.15) is 0 Å². The lowest BCUT2D eigenvalue weighted by Crippen LogP contribution is -2.22. The molecular formula is C13H19F2NO3. The average Bonchev–Trinajstić information content (AvgIpc) is 2.45. The standard InChI is InChI=1S/C13H19F2NO3/c1-17-11-5-9(3-4-16)6-12(18-2)13(11)19-10(7-14)8-15/h5-6,10H,3-4,7-8,16H2,1-2H3. The van der Waals surface area contributed by atoms with Crippen molar-refractivity contribution in [2.45, 2.75) is 12.5 Å². The third-order valence-corrected chi connectivity index (χ3v) is 2.58. The van der Waals surface area contributed by atoms with Gasteiger partial charge in [-0.05, 0) is 30.7 Å². The molecular weight excluding hydrogens is 256 g/mol. The molecule has 0 saturated carbocycles. The minimum absolute atomic E-state index is 0.200. The minimum atomic E-state index is -1.16. The number of rotatable bonds is 8. The van der Waals surface area contributed by atoms with Crippen LogP contribution < -0.4 is 19.9 Å². The van der Waals surface area contributed by atoms with Crippen molar-refractivity contribution < 1.29 is 23.0 Å². The summed E-state index contributed by atoms with van der Waals surface area (Å²) in [5.41, 5.74) is 6.40. The highest BCUT2D eigenvalue weighted by molar-refractivity contribution is 5.54. The summed E-state index contributed by atoms with van der Waals surface area (Å²) in [7, 11) is 2.90. The molecule has 0 unspecified atom stereocenters. The fraction of sp³-hybridized carbons (Fsp3) is 0.538. The first-order chi connectivity index (χ1) is 9.19. The van der Waals surface area contributed by atoms with Gasteiger partial charge in [0.15, 0.2) is 17.6 Å². The molecule has 108 valence electrons. The van der Waals surface area contributed by atoms with Gasteiger partial charge in [0.25, 0.3) is 0 Å². The number of hydrogen-bond donors (Lipinski definition) is 1. The number of nitrogens with two attached hydrogens (primary N) is 1. The Balaban J connectivity index is 3.12. The fourth-order valence-electron chi connectivity index (χ4n) is 1.63. The van der Waals surface area contributed by atoms with Crippen LogP contribution in [0.4, 0.5) is 8.78 Å². The molecule has 0 aliphatic rings. The zero-order chi connectivity index (χ0) is 14.3. The quantitative estimate of drug-likeness (QED) is 0.787. The number of methoxy groups -OCH3 is 2. The van der Waals surface area contributed by atoms with Gasteiger partial charge in [-0.25, -0.2) is 8.78 Å². The Bertz CT molecular complexity index is 372. The van der Waals surface area contributed by atoms with Crippen LogP contribution in [-0.2, 0) is 6.42 Å². The molecule has 0 saturated heterocycles. The summed E-state index contributed by atoms with van der Waals surface area (Å²) >= 11 is 0. The van der Waals surface area contributed by atoms with Gasteiger partial charge in [0.2, 0.25) is 5.75 Å². The van der Waals surface area contributed by atoms with Crippen molar-refractivity contribution in [2.75, 3.05) is 34.1 Å². The molecule has 1 rings (SSSR count). The van der Waals surface area contributed by atoms with Crippen LogP contribution in [0.25, 0.3) is 0 Å². The third kappa shape index (κ3) is 3.96.